The average Bonchev–Trinajstić information content (AvgIpc) is 2.97. The molecule has 0 atom stereocenters. The highest BCUT2D eigenvalue weighted by Gasteiger charge is 2.49. The maximum absolute atomic E-state index is 12.9. The topological polar surface area (TPSA) is 42.2 Å². The van der Waals surface area contributed by atoms with E-state index in [0.29, 0.717) is 5.56 Å². The normalized spacial score (nSPS) is 22.0. The predicted octanol–water partition coefficient (Wildman–Crippen LogP) is 2.87. The molecule has 88 valence electrons. The second kappa shape index (κ2) is 2.89. The number of benzene rings is 1. The lowest BCUT2D eigenvalue weighted by molar-refractivity contribution is -0.286. The molecule has 1 aromatic rings. The molecule has 3 rings (SSSR count). The van der Waals surface area contributed by atoms with E-state index in [4.69, 9.17) is 5.26 Å². The maximum Gasteiger partial charge on any atom is 0.586 e. The minimum atomic E-state index is -3.60. The van der Waals surface area contributed by atoms with Crippen LogP contribution in [0.3, 0.4) is 0 Å². The standard InChI is InChI=1S/C12H9F2NO2/c1-7-8(11(6-15)4-5-11)2-3-9-10(7)17-12(13,14)16-9/h2-3H,4-5H2,1H3. The highest BCUT2D eigenvalue weighted by Crippen LogP contribution is 2.53. The van der Waals surface area contributed by atoms with Gasteiger partial charge in [0.1, 0.15) is 0 Å². The van der Waals surface area contributed by atoms with Crippen molar-refractivity contribution in [2.24, 2.45) is 0 Å². The number of halogens is 2. The van der Waals surface area contributed by atoms with E-state index in [0.717, 1.165) is 18.4 Å². The van der Waals surface area contributed by atoms with Crippen LogP contribution in [0.4, 0.5) is 8.78 Å². The van der Waals surface area contributed by atoms with Gasteiger partial charge in [0, 0.05) is 5.56 Å². The summed E-state index contributed by atoms with van der Waals surface area (Å²) in [7, 11) is 0. The summed E-state index contributed by atoms with van der Waals surface area (Å²) in [6.07, 6.45) is -2.07. The van der Waals surface area contributed by atoms with Crippen molar-refractivity contribution >= 4 is 0 Å². The van der Waals surface area contributed by atoms with Crippen LogP contribution in [0.1, 0.15) is 24.0 Å². The summed E-state index contributed by atoms with van der Waals surface area (Å²) in [5.41, 5.74) is 0.819. The Morgan fingerprint density at radius 1 is 1.29 bits per heavy atom. The van der Waals surface area contributed by atoms with E-state index in [1.807, 2.05) is 0 Å². The van der Waals surface area contributed by atoms with E-state index in [-0.39, 0.29) is 11.5 Å². The monoisotopic (exact) mass is 237 g/mol. The fourth-order valence-corrected chi connectivity index (χ4v) is 2.23. The van der Waals surface area contributed by atoms with E-state index in [1.165, 1.54) is 6.07 Å². The minimum absolute atomic E-state index is 0.0324. The van der Waals surface area contributed by atoms with Crippen LogP contribution in [-0.2, 0) is 5.41 Å². The fraction of sp³-hybridized carbons (Fsp3) is 0.417. The van der Waals surface area contributed by atoms with E-state index in [1.54, 1.807) is 13.0 Å². The van der Waals surface area contributed by atoms with Gasteiger partial charge in [-0.25, -0.2) is 0 Å². The molecule has 1 saturated carbocycles. The fourth-order valence-electron chi connectivity index (χ4n) is 2.23. The first-order valence-electron chi connectivity index (χ1n) is 5.29. The maximum atomic E-state index is 12.9. The minimum Gasteiger partial charge on any atom is -0.395 e. The molecule has 1 fully saturated rings. The molecule has 0 saturated heterocycles. The van der Waals surface area contributed by atoms with Crippen LogP contribution >= 0.6 is 0 Å². The predicted molar refractivity (Wildman–Crippen MR) is 53.9 cm³/mol. The molecule has 1 aromatic carbocycles. The summed E-state index contributed by atoms with van der Waals surface area (Å²) in [6.45, 7) is 1.68. The summed E-state index contributed by atoms with van der Waals surface area (Å²) in [5.74, 6) is 0.0824. The Balaban J connectivity index is 2.10. The summed E-state index contributed by atoms with van der Waals surface area (Å²) in [5, 5.41) is 9.12. The molecular weight excluding hydrogens is 228 g/mol. The Morgan fingerprint density at radius 2 is 2.00 bits per heavy atom. The van der Waals surface area contributed by atoms with Crippen LogP contribution in [0.2, 0.25) is 0 Å². The molecule has 0 unspecified atom stereocenters. The first-order valence-corrected chi connectivity index (χ1v) is 5.29. The van der Waals surface area contributed by atoms with Gasteiger partial charge in [-0.1, -0.05) is 6.07 Å². The van der Waals surface area contributed by atoms with E-state index in [2.05, 4.69) is 15.5 Å². The zero-order chi connectivity index (χ0) is 12.3. The molecule has 0 radical (unpaired) electrons. The lowest BCUT2D eigenvalue weighted by atomic mass is 9.92. The third-order valence-electron chi connectivity index (χ3n) is 3.30. The zero-order valence-corrected chi connectivity index (χ0v) is 9.09. The van der Waals surface area contributed by atoms with Gasteiger partial charge in [-0.2, -0.15) is 5.26 Å². The Kier molecular flexibility index (Phi) is 1.76. The number of rotatable bonds is 1. The first kappa shape index (κ1) is 10.3. The molecule has 0 amide bonds. The van der Waals surface area contributed by atoms with Crippen LogP contribution in [0, 0.1) is 18.3 Å². The molecular formula is C12H9F2NO2. The number of fused-ring (bicyclic) bond motifs is 1. The highest BCUT2D eigenvalue weighted by atomic mass is 19.3. The van der Waals surface area contributed by atoms with E-state index < -0.39 is 11.7 Å². The molecule has 0 aromatic heterocycles. The molecule has 17 heavy (non-hydrogen) atoms. The van der Waals surface area contributed by atoms with Crippen LogP contribution < -0.4 is 9.47 Å². The number of alkyl halides is 2. The third kappa shape index (κ3) is 1.37. The Labute approximate surface area is 96.6 Å². The van der Waals surface area contributed by atoms with Gasteiger partial charge in [-0.05, 0) is 31.4 Å². The summed E-state index contributed by atoms with van der Waals surface area (Å²) < 4.78 is 34.7. The lowest BCUT2D eigenvalue weighted by Gasteiger charge is -2.11. The van der Waals surface area contributed by atoms with Gasteiger partial charge in [0.15, 0.2) is 11.5 Å². The third-order valence-corrected chi connectivity index (χ3v) is 3.30. The summed E-state index contributed by atoms with van der Waals surface area (Å²) in [6, 6.07) is 5.35. The van der Waals surface area contributed by atoms with Crippen molar-refractivity contribution in [1.82, 2.24) is 0 Å². The Morgan fingerprint density at radius 3 is 2.59 bits per heavy atom. The molecule has 1 aliphatic heterocycles. The second-order valence-corrected chi connectivity index (χ2v) is 4.43. The Bertz CT molecular complexity index is 544. The van der Waals surface area contributed by atoms with Gasteiger partial charge < -0.3 is 9.47 Å². The number of hydrogen-bond acceptors (Lipinski definition) is 3. The van der Waals surface area contributed by atoms with Crippen molar-refractivity contribution in [3.05, 3.63) is 23.3 Å². The molecule has 0 N–H and O–H groups in total. The molecule has 1 heterocycles. The van der Waals surface area contributed by atoms with Crippen molar-refractivity contribution in [2.45, 2.75) is 31.5 Å². The number of nitrogens with zero attached hydrogens (tertiary/aromatic N) is 1. The molecule has 1 aliphatic carbocycles. The van der Waals surface area contributed by atoms with Crippen molar-refractivity contribution < 1.29 is 18.3 Å². The van der Waals surface area contributed by atoms with Gasteiger partial charge in [-0.15, -0.1) is 8.78 Å². The molecule has 0 spiro atoms. The van der Waals surface area contributed by atoms with Crippen molar-refractivity contribution in [2.75, 3.05) is 0 Å². The van der Waals surface area contributed by atoms with Gasteiger partial charge in [0.05, 0.1) is 11.5 Å². The van der Waals surface area contributed by atoms with Gasteiger partial charge in [0.2, 0.25) is 0 Å². The number of nitriles is 1. The van der Waals surface area contributed by atoms with Crippen LogP contribution in [-0.4, -0.2) is 6.29 Å². The quantitative estimate of drug-likeness (QED) is 0.754. The van der Waals surface area contributed by atoms with Crippen molar-refractivity contribution in [3.8, 4) is 17.6 Å². The van der Waals surface area contributed by atoms with E-state index in [9.17, 15) is 8.78 Å². The molecule has 3 nitrogen and oxygen atoms in total. The Hall–Kier alpha value is -1.83. The SMILES string of the molecule is Cc1c(C2(C#N)CC2)ccc2c1OC(F)(F)O2. The van der Waals surface area contributed by atoms with Gasteiger partial charge >= 0.3 is 6.29 Å². The first-order chi connectivity index (χ1) is 7.97. The van der Waals surface area contributed by atoms with Crippen LogP contribution in [0.15, 0.2) is 12.1 Å². The van der Waals surface area contributed by atoms with E-state index >= 15 is 0 Å². The molecule has 0 bridgehead atoms. The zero-order valence-electron chi connectivity index (χ0n) is 9.09. The molecule has 2 aliphatic rings. The number of ether oxygens (including phenoxy) is 2. The van der Waals surface area contributed by atoms with Gasteiger partial charge in [-0.3, -0.25) is 0 Å². The van der Waals surface area contributed by atoms with Crippen molar-refractivity contribution in [1.29, 1.82) is 5.26 Å². The summed E-state index contributed by atoms with van der Waals surface area (Å²) in [4.78, 5) is 0. The van der Waals surface area contributed by atoms with Crippen LogP contribution in [0.25, 0.3) is 0 Å². The average molecular weight is 237 g/mol. The van der Waals surface area contributed by atoms with Gasteiger partial charge in [0.25, 0.3) is 0 Å². The highest BCUT2D eigenvalue weighted by molar-refractivity contribution is 5.57. The smallest absolute Gasteiger partial charge is 0.395 e. The number of hydrogen-bond donors (Lipinski definition) is 0. The van der Waals surface area contributed by atoms with Crippen LogP contribution in [0.5, 0.6) is 11.5 Å². The summed E-state index contributed by atoms with van der Waals surface area (Å²) >= 11 is 0. The molecule has 5 heteroatoms. The lowest BCUT2D eigenvalue weighted by Crippen LogP contribution is -2.26. The largest absolute Gasteiger partial charge is 0.586 e. The second-order valence-electron chi connectivity index (χ2n) is 4.43. The van der Waals surface area contributed by atoms with Crippen molar-refractivity contribution in [3.63, 3.8) is 0 Å².